The molecule has 33 heavy (non-hydrogen) atoms. The fourth-order valence-electron chi connectivity index (χ4n) is 4.20. The first-order valence-corrected chi connectivity index (χ1v) is 11.3. The van der Waals surface area contributed by atoms with Crippen LogP contribution in [-0.2, 0) is 14.4 Å². The first kappa shape index (κ1) is 22.7. The van der Waals surface area contributed by atoms with E-state index in [1.54, 1.807) is 11.1 Å². The summed E-state index contributed by atoms with van der Waals surface area (Å²) in [5.41, 5.74) is 1.77. The molecule has 3 amide bonds. The number of carbonyl (C=O) groups is 3. The minimum absolute atomic E-state index is 0.0705. The van der Waals surface area contributed by atoms with Crippen molar-refractivity contribution in [2.45, 2.75) is 19.4 Å². The van der Waals surface area contributed by atoms with E-state index in [0.29, 0.717) is 18.8 Å². The molecule has 0 radical (unpaired) electrons. The summed E-state index contributed by atoms with van der Waals surface area (Å²) in [5, 5.41) is 5.60. The molecule has 2 N–H and O–H groups in total. The van der Waals surface area contributed by atoms with Crippen molar-refractivity contribution in [3.63, 3.8) is 0 Å². The van der Waals surface area contributed by atoms with Gasteiger partial charge in [0.05, 0.1) is 13.0 Å². The summed E-state index contributed by atoms with van der Waals surface area (Å²) in [7, 11) is 0. The smallest absolute Gasteiger partial charge is 0.243 e. The van der Waals surface area contributed by atoms with Gasteiger partial charge in [0, 0.05) is 51.2 Å². The van der Waals surface area contributed by atoms with Crippen molar-refractivity contribution in [1.82, 2.24) is 20.1 Å². The predicted octanol–water partition coefficient (Wildman–Crippen LogP) is 0.868. The zero-order valence-corrected chi connectivity index (χ0v) is 18.9. The van der Waals surface area contributed by atoms with Crippen LogP contribution in [0.3, 0.4) is 0 Å². The Kier molecular flexibility index (Phi) is 7.19. The fourth-order valence-corrected chi connectivity index (χ4v) is 4.20. The summed E-state index contributed by atoms with van der Waals surface area (Å²) in [4.78, 5) is 48.5. The zero-order valence-electron chi connectivity index (χ0n) is 18.9. The number of rotatable bonds is 6. The van der Waals surface area contributed by atoms with Crippen molar-refractivity contribution in [3.8, 4) is 0 Å². The number of pyridine rings is 1. The number of piperazine rings is 2. The van der Waals surface area contributed by atoms with E-state index in [0.717, 1.165) is 37.6 Å². The molecule has 4 rings (SSSR count). The molecule has 0 unspecified atom stereocenters. The molecule has 2 aromatic rings. The Bertz CT molecular complexity index is 973. The quantitative estimate of drug-likeness (QED) is 0.678. The van der Waals surface area contributed by atoms with Gasteiger partial charge in [-0.3, -0.25) is 19.3 Å². The molecule has 174 valence electrons. The number of anilines is 2. The van der Waals surface area contributed by atoms with Crippen molar-refractivity contribution < 1.29 is 14.4 Å². The number of amides is 3. The van der Waals surface area contributed by atoms with Gasteiger partial charge in [-0.1, -0.05) is 23.8 Å². The Morgan fingerprint density at radius 3 is 2.52 bits per heavy atom. The van der Waals surface area contributed by atoms with Gasteiger partial charge in [-0.15, -0.1) is 0 Å². The van der Waals surface area contributed by atoms with Crippen LogP contribution in [-0.4, -0.2) is 84.4 Å². The zero-order chi connectivity index (χ0) is 23.2. The molecule has 0 spiro atoms. The maximum atomic E-state index is 13.1. The maximum absolute atomic E-state index is 13.1. The second-order valence-electron chi connectivity index (χ2n) is 8.46. The number of aromatic nitrogens is 1. The number of nitrogens with zero attached hydrogens (tertiary/aromatic N) is 4. The molecule has 9 nitrogen and oxygen atoms in total. The highest BCUT2D eigenvalue weighted by atomic mass is 16.2. The van der Waals surface area contributed by atoms with E-state index in [4.69, 9.17) is 0 Å². The molecule has 2 aliphatic heterocycles. The van der Waals surface area contributed by atoms with Gasteiger partial charge in [-0.2, -0.15) is 0 Å². The average molecular weight is 451 g/mol. The first-order chi connectivity index (χ1) is 16.0. The van der Waals surface area contributed by atoms with Crippen molar-refractivity contribution in [2.75, 3.05) is 56.0 Å². The summed E-state index contributed by atoms with van der Waals surface area (Å²) in [5.74, 6) is 0.247. The number of hydrogen-bond donors (Lipinski definition) is 2. The molecule has 1 aromatic carbocycles. The van der Waals surface area contributed by atoms with Crippen LogP contribution in [0.4, 0.5) is 11.5 Å². The van der Waals surface area contributed by atoms with Crippen molar-refractivity contribution >= 4 is 29.2 Å². The third-order valence-electron chi connectivity index (χ3n) is 6.07. The Balaban J connectivity index is 1.32. The van der Waals surface area contributed by atoms with Crippen molar-refractivity contribution in [2.24, 2.45) is 0 Å². The van der Waals surface area contributed by atoms with Gasteiger partial charge < -0.3 is 20.4 Å². The second kappa shape index (κ2) is 10.4. The van der Waals surface area contributed by atoms with Gasteiger partial charge in [0.15, 0.2) is 0 Å². The third-order valence-corrected chi connectivity index (χ3v) is 6.07. The van der Waals surface area contributed by atoms with Gasteiger partial charge in [0.25, 0.3) is 0 Å². The van der Waals surface area contributed by atoms with Crippen LogP contribution in [0.15, 0.2) is 48.7 Å². The molecule has 2 saturated heterocycles. The van der Waals surface area contributed by atoms with Gasteiger partial charge in [-0.05, 0) is 31.2 Å². The van der Waals surface area contributed by atoms with Gasteiger partial charge in [0.1, 0.15) is 11.9 Å². The van der Waals surface area contributed by atoms with E-state index >= 15 is 0 Å². The summed E-state index contributed by atoms with van der Waals surface area (Å²) in [6.45, 7) is 6.05. The summed E-state index contributed by atoms with van der Waals surface area (Å²) in [6.07, 6.45) is 1.71. The van der Waals surface area contributed by atoms with Crippen LogP contribution >= 0.6 is 0 Å². The van der Waals surface area contributed by atoms with Gasteiger partial charge >= 0.3 is 0 Å². The van der Waals surface area contributed by atoms with Crippen LogP contribution in [0.1, 0.15) is 12.0 Å². The van der Waals surface area contributed by atoms with E-state index in [2.05, 4.69) is 25.4 Å². The lowest BCUT2D eigenvalue weighted by Gasteiger charge is -2.38. The monoisotopic (exact) mass is 450 g/mol. The summed E-state index contributed by atoms with van der Waals surface area (Å²) < 4.78 is 0. The highest BCUT2D eigenvalue weighted by Crippen LogP contribution is 2.16. The van der Waals surface area contributed by atoms with E-state index < -0.39 is 6.04 Å². The standard InChI is InChI=1S/C24H30N6O3/c1-18-5-7-19(8-6-18)27-22(31)16-20-24(33)26-10-11-30(20)23(32)17-28-12-14-29(15-13-28)21-4-2-3-9-25-21/h2-9,20H,10-17H2,1H3,(H,26,33)(H,27,31)/t20-/m1/s1. The lowest BCUT2D eigenvalue weighted by molar-refractivity contribution is -0.145. The normalized spacial score (nSPS) is 19.2. The van der Waals surface area contributed by atoms with Crippen molar-refractivity contribution in [1.29, 1.82) is 0 Å². The summed E-state index contributed by atoms with van der Waals surface area (Å²) in [6, 6.07) is 12.5. The van der Waals surface area contributed by atoms with E-state index in [-0.39, 0.29) is 30.7 Å². The molecule has 1 aromatic heterocycles. The summed E-state index contributed by atoms with van der Waals surface area (Å²) >= 11 is 0. The molecule has 0 bridgehead atoms. The highest BCUT2D eigenvalue weighted by molar-refractivity contribution is 5.97. The Morgan fingerprint density at radius 1 is 1.06 bits per heavy atom. The largest absolute Gasteiger partial charge is 0.354 e. The maximum Gasteiger partial charge on any atom is 0.243 e. The lowest BCUT2D eigenvalue weighted by Crippen LogP contribution is -2.60. The molecule has 2 fully saturated rings. The number of aryl methyl sites for hydroxylation is 1. The topological polar surface area (TPSA) is 97.9 Å². The molecule has 0 saturated carbocycles. The van der Waals surface area contributed by atoms with E-state index in [9.17, 15) is 14.4 Å². The van der Waals surface area contributed by atoms with Crippen LogP contribution in [0.2, 0.25) is 0 Å². The van der Waals surface area contributed by atoms with E-state index in [1.807, 2.05) is 49.4 Å². The van der Waals surface area contributed by atoms with Crippen LogP contribution in [0.5, 0.6) is 0 Å². The Labute approximate surface area is 193 Å². The SMILES string of the molecule is Cc1ccc(NC(=O)C[C@@H]2C(=O)NCCN2C(=O)CN2CCN(c3ccccn3)CC2)cc1. The van der Waals surface area contributed by atoms with Crippen molar-refractivity contribution in [3.05, 3.63) is 54.2 Å². The van der Waals surface area contributed by atoms with Crippen LogP contribution in [0.25, 0.3) is 0 Å². The van der Waals surface area contributed by atoms with Gasteiger partial charge in [-0.25, -0.2) is 4.98 Å². The first-order valence-electron chi connectivity index (χ1n) is 11.3. The highest BCUT2D eigenvalue weighted by Gasteiger charge is 2.35. The molecule has 9 heteroatoms. The fraction of sp³-hybridized carbons (Fsp3) is 0.417. The lowest BCUT2D eigenvalue weighted by atomic mass is 10.1. The van der Waals surface area contributed by atoms with Crippen LogP contribution in [0, 0.1) is 6.92 Å². The average Bonchev–Trinajstić information content (AvgIpc) is 2.83. The molecular formula is C24H30N6O3. The number of nitrogens with one attached hydrogen (secondary N) is 2. The minimum atomic E-state index is -0.800. The molecule has 2 aliphatic rings. The third kappa shape index (κ3) is 5.87. The van der Waals surface area contributed by atoms with E-state index in [1.165, 1.54) is 0 Å². The second-order valence-corrected chi connectivity index (χ2v) is 8.46. The Hall–Kier alpha value is -3.46. The molecule has 3 heterocycles. The number of hydrogen-bond acceptors (Lipinski definition) is 6. The predicted molar refractivity (Wildman–Crippen MR) is 126 cm³/mol. The number of carbonyl (C=O) groups excluding carboxylic acids is 3. The molecule has 0 aliphatic carbocycles. The van der Waals surface area contributed by atoms with Gasteiger partial charge in [0.2, 0.25) is 17.7 Å². The molecular weight excluding hydrogens is 420 g/mol. The Morgan fingerprint density at radius 2 is 1.82 bits per heavy atom. The van der Waals surface area contributed by atoms with Crippen LogP contribution < -0.4 is 15.5 Å². The molecule has 1 atom stereocenters. The minimum Gasteiger partial charge on any atom is -0.354 e. The number of benzene rings is 1.